The Labute approximate surface area is 149 Å². The van der Waals surface area contributed by atoms with Gasteiger partial charge in [0.1, 0.15) is 6.29 Å². The average molecular weight is 344 g/mol. The minimum Gasteiger partial charge on any atom is -0.454 e. The third kappa shape index (κ3) is 3.82. The SMILES string of the molecule is O=CCN1CC(c2ccc3c(c2)OCO3)CC1CCN1CCCCC1. The van der Waals surface area contributed by atoms with E-state index in [2.05, 4.69) is 21.9 Å². The number of carbonyl (C=O) groups is 1. The number of fused-ring (bicyclic) bond motifs is 1. The van der Waals surface area contributed by atoms with Crippen molar-refractivity contribution in [1.82, 2.24) is 9.80 Å². The van der Waals surface area contributed by atoms with Crippen LogP contribution in [0.15, 0.2) is 18.2 Å². The van der Waals surface area contributed by atoms with Gasteiger partial charge in [-0.05, 0) is 68.9 Å². The summed E-state index contributed by atoms with van der Waals surface area (Å²) < 4.78 is 10.9. The van der Waals surface area contributed by atoms with Gasteiger partial charge in [-0.25, -0.2) is 0 Å². The van der Waals surface area contributed by atoms with Crippen molar-refractivity contribution in [2.75, 3.05) is 39.5 Å². The predicted molar refractivity (Wildman–Crippen MR) is 96.3 cm³/mol. The topological polar surface area (TPSA) is 42.0 Å². The van der Waals surface area contributed by atoms with Crippen LogP contribution < -0.4 is 9.47 Å². The Bertz CT molecular complexity index is 601. The molecule has 1 aromatic carbocycles. The number of benzene rings is 1. The molecule has 2 atom stereocenters. The molecule has 0 aliphatic carbocycles. The molecule has 5 heteroatoms. The van der Waals surface area contributed by atoms with E-state index in [0.717, 1.165) is 43.7 Å². The molecule has 3 aliphatic rings. The highest BCUT2D eigenvalue weighted by atomic mass is 16.7. The quantitative estimate of drug-likeness (QED) is 0.742. The van der Waals surface area contributed by atoms with E-state index in [0.29, 0.717) is 25.3 Å². The molecule has 0 radical (unpaired) electrons. The summed E-state index contributed by atoms with van der Waals surface area (Å²) in [6, 6.07) is 6.80. The first-order valence-corrected chi connectivity index (χ1v) is 9.63. The van der Waals surface area contributed by atoms with Crippen LogP contribution in [-0.4, -0.2) is 61.6 Å². The number of rotatable bonds is 6. The van der Waals surface area contributed by atoms with Crippen LogP contribution in [0.4, 0.5) is 0 Å². The molecule has 2 unspecified atom stereocenters. The van der Waals surface area contributed by atoms with Gasteiger partial charge in [-0.15, -0.1) is 0 Å². The number of hydrogen-bond acceptors (Lipinski definition) is 5. The van der Waals surface area contributed by atoms with Crippen molar-refractivity contribution in [2.45, 2.75) is 44.1 Å². The maximum atomic E-state index is 11.1. The second kappa shape index (κ2) is 7.75. The second-order valence-corrected chi connectivity index (χ2v) is 7.51. The van der Waals surface area contributed by atoms with Crippen molar-refractivity contribution in [1.29, 1.82) is 0 Å². The minimum absolute atomic E-state index is 0.319. The van der Waals surface area contributed by atoms with E-state index < -0.39 is 0 Å². The second-order valence-electron chi connectivity index (χ2n) is 7.51. The number of nitrogens with zero attached hydrogens (tertiary/aromatic N) is 2. The van der Waals surface area contributed by atoms with Gasteiger partial charge in [0.2, 0.25) is 6.79 Å². The van der Waals surface area contributed by atoms with E-state index in [1.807, 2.05) is 6.07 Å². The van der Waals surface area contributed by atoms with Gasteiger partial charge in [-0.1, -0.05) is 12.5 Å². The highest BCUT2D eigenvalue weighted by molar-refractivity contribution is 5.52. The molecule has 0 aromatic heterocycles. The van der Waals surface area contributed by atoms with Crippen molar-refractivity contribution < 1.29 is 14.3 Å². The van der Waals surface area contributed by atoms with Crippen LogP contribution in [0.1, 0.15) is 43.6 Å². The van der Waals surface area contributed by atoms with Crippen LogP contribution in [0.5, 0.6) is 11.5 Å². The highest BCUT2D eigenvalue weighted by Gasteiger charge is 2.33. The Balaban J connectivity index is 1.40. The molecular weight excluding hydrogens is 316 g/mol. The fourth-order valence-electron chi connectivity index (χ4n) is 4.53. The van der Waals surface area contributed by atoms with Gasteiger partial charge in [0.15, 0.2) is 11.5 Å². The standard InChI is InChI=1S/C20H28N2O3/c23-11-10-22-14-17(16-4-5-19-20(13-16)25-15-24-19)12-18(22)6-9-21-7-2-1-3-8-21/h4-5,11,13,17-18H,1-3,6-10,12,14-15H2. The molecule has 0 N–H and O–H groups in total. The summed E-state index contributed by atoms with van der Waals surface area (Å²) in [6.45, 7) is 5.47. The van der Waals surface area contributed by atoms with Crippen LogP contribution in [0.3, 0.4) is 0 Å². The van der Waals surface area contributed by atoms with E-state index in [1.54, 1.807) is 0 Å². The lowest BCUT2D eigenvalue weighted by Crippen LogP contribution is -2.37. The van der Waals surface area contributed by atoms with E-state index in [9.17, 15) is 4.79 Å². The molecule has 3 heterocycles. The third-order valence-electron chi connectivity index (χ3n) is 5.93. The van der Waals surface area contributed by atoms with Crippen molar-refractivity contribution in [3.63, 3.8) is 0 Å². The molecular formula is C20H28N2O3. The van der Waals surface area contributed by atoms with Crippen molar-refractivity contribution in [3.8, 4) is 11.5 Å². The van der Waals surface area contributed by atoms with Gasteiger partial charge < -0.3 is 19.2 Å². The van der Waals surface area contributed by atoms with Crippen molar-refractivity contribution in [2.24, 2.45) is 0 Å². The minimum atomic E-state index is 0.319. The lowest BCUT2D eigenvalue weighted by atomic mass is 9.95. The summed E-state index contributed by atoms with van der Waals surface area (Å²) in [6.07, 6.45) is 7.39. The maximum Gasteiger partial charge on any atom is 0.231 e. The molecule has 25 heavy (non-hydrogen) atoms. The van der Waals surface area contributed by atoms with E-state index in [-0.39, 0.29) is 0 Å². The summed E-state index contributed by atoms with van der Waals surface area (Å²) in [4.78, 5) is 16.1. The lowest BCUT2D eigenvalue weighted by molar-refractivity contribution is -0.109. The van der Waals surface area contributed by atoms with Gasteiger partial charge in [0.25, 0.3) is 0 Å². The molecule has 136 valence electrons. The summed E-state index contributed by atoms with van der Waals surface area (Å²) in [5.41, 5.74) is 1.31. The summed E-state index contributed by atoms with van der Waals surface area (Å²) >= 11 is 0. The molecule has 4 rings (SSSR count). The third-order valence-corrected chi connectivity index (χ3v) is 5.93. The van der Waals surface area contributed by atoms with Crippen LogP contribution >= 0.6 is 0 Å². The lowest BCUT2D eigenvalue weighted by Gasteiger charge is -2.29. The zero-order valence-corrected chi connectivity index (χ0v) is 14.9. The van der Waals surface area contributed by atoms with Gasteiger partial charge >= 0.3 is 0 Å². The van der Waals surface area contributed by atoms with Crippen molar-refractivity contribution in [3.05, 3.63) is 23.8 Å². The zero-order chi connectivity index (χ0) is 17.1. The fourth-order valence-corrected chi connectivity index (χ4v) is 4.53. The zero-order valence-electron chi connectivity index (χ0n) is 14.9. The first-order valence-electron chi connectivity index (χ1n) is 9.63. The average Bonchev–Trinajstić information content (AvgIpc) is 3.27. The number of piperidine rings is 1. The Hall–Kier alpha value is -1.59. The Morgan fingerprint density at radius 2 is 1.96 bits per heavy atom. The van der Waals surface area contributed by atoms with Gasteiger partial charge in [0.05, 0.1) is 6.54 Å². The van der Waals surface area contributed by atoms with Crippen LogP contribution in [-0.2, 0) is 4.79 Å². The first-order chi connectivity index (χ1) is 12.3. The van der Waals surface area contributed by atoms with Crippen LogP contribution in [0, 0.1) is 0 Å². The summed E-state index contributed by atoms with van der Waals surface area (Å²) in [5, 5.41) is 0. The largest absolute Gasteiger partial charge is 0.454 e. The van der Waals surface area contributed by atoms with E-state index >= 15 is 0 Å². The predicted octanol–water partition coefficient (Wildman–Crippen LogP) is 2.65. The molecule has 0 saturated carbocycles. The number of aldehydes is 1. The number of ether oxygens (including phenoxy) is 2. The molecule has 1 aromatic rings. The monoisotopic (exact) mass is 344 g/mol. The molecule has 0 bridgehead atoms. The molecule has 5 nitrogen and oxygen atoms in total. The number of likely N-dealkylation sites (tertiary alicyclic amines) is 2. The fraction of sp³-hybridized carbons (Fsp3) is 0.650. The Kier molecular flexibility index (Phi) is 5.22. The normalized spacial score (nSPS) is 26.9. The molecule has 2 saturated heterocycles. The molecule has 0 spiro atoms. The van der Waals surface area contributed by atoms with Crippen molar-refractivity contribution >= 4 is 6.29 Å². The number of carbonyl (C=O) groups excluding carboxylic acids is 1. The van der Waals surface area contributed by atoms with Crippen LogP contribution in [0.2, 0.25) is 0 Å². The maximum absolute atomic E-state index is 11.1. The summed E-state index contributed by atoms with van der Waals surface area (Å²) in [7, 11) is 0. The van der Waals surface area contributed by atoms with Crippen LogP contribution in [0.25, 0.3) is 0 Å². The molecule has 0 amide bonds. The van der Waals surface area contributed by atoms with E-state index in [4.69, 9.17) is 9.47 Å². The number of hydrogen-bond donors (Lipinski definition) is 0. The first kappa shape index (κ1) is 16.9. The Morgan fingerprint density at radius 1 is 1.12 bits per heavy atom. The molecule has 3 aliphatic heterocycles. The molecule has 2 fully saturated rings. The van der Waals surface area contributed by atoms with Gasteiger partial charge in [0, 0.05) is 12.6 Å². The van der Waals surface area contributed by atoms with Gasteiger partial charge in [-0.3, -0.25) is 4.90 Å². The van der Waals surface area contributed by atoms with E-state index in [1.165, 1.54) is 37.9 Å². The van der Waals surface area contributed by atoms with Gasteiger partial charge in [-0.2, -0.15) is 0 Å². The smallest absolute Gasteiger partial charge is 0.231 e. The highest BCUT2D eigenvalue weighted by Crippen LogP contribution is 2.39. The Morgan fingerprint density at radius 3 is 2.80 bits per heavy atom. The summed E-state index contributed by atoms with van der Waals surface area (Å²) in [5.74, 6) is 2.17.